The summed E-state index contributed by atoms with van der Waals surface area (Å²) in [6.07, 6.45) is 2.72. The molecule has 0 radical (unpaired) electrons. The molecular formula is C16H22N2O3S. The van der Waals surface area contributed by atoms with Crippen molar-refractivity contribution in [3.63, 3.8) is 0 Å². The Morgan fingerprint density at radius 3 is 2.82 bits per heavy atom. The lowest BCUT2D eigenvalue weighted by atomic mass is 10.1. The van der Waals surface area contributed by atoms with Crippen LogP contribution in [0.25, 0.3) is 0 Å². The molecule has 1 fully saturated rings. The van der Waals surface area contributed by atoms with E-state index in [1.54, 1.807) is 0 Å². The summed E-state index contributed by atoms with van der Waals surface area (Å²) in [5.74, 6) is 0.225. The smallest absolute Gasteiger partial charge is 0.228 e. The molecule has 2 heterocycles. The normalized spacial score (nSPS) is 24.2. The second kappa shape index (κ2) is 6.01. The van der Waals surface area contributed by atoms with Crippen molar-refractivity contribution in [1.29, 1.82) is 0 Å². The molecule has 0 aromatic heterocycles. The van der Waals surface area contributed by atoms with Gasteiger partial charge in [0.2, 0.25) is 15.9 Å². The lowest BCUT2D eigenvalue weighted by Gasteiger charge is -2.28. The number of amides is 1. The fraction of sp³-hybridized carbons (Fsp3) is 0.562. The number of anilines is 1. The predicted octanol–water partition coefficient (Wildman–Crippen LogP) is 1.78. The van der Waals surface area contributed by atoms with Gasteiger partial charge in [0.15, 0.2) is 0 Å². The Hall–Kier alpha value is -1.40. The van der Waals surface area contributed by atoms with Gasteiger partial charge in [-0.1, -0.05) is 18.2 Å². The fourth-order valence-electron chi connectivity index (χ4n) is 3.38. The van der Waals surface area contributed by atoms with E-state index in [4.69, 9.17) is 0 Å². The number of rotatable bonds is 3. The van der Waals surface area contributed by atoms with Crippen molar-refractivity contribution in [3.05, 3.63) is 29.8 Å². The number of fused-ring (bicyclic) bond motifs is 1. The number of carbonyl (C=O) groups is 1. The van der Waals surface area contributed by atoms with Crippen molar-refractivity contribution < 1.29 is 13.2 Å². The zero-order valence-electron chi connectivity index (χ0n) is 12.9. The summed E-state index contributed by atoms with van der Waals surface area (Å²) in [6.45, 7) is 2.88. The van der Waals surface area contributed by atoms with Crippen molar-refractivity contribution in [1.82, 2.24) is 4.31 Å². The van der Waals surface area contributed by atoms with E-state index in [-0.39, 0.29) is 24.1 Å². The molecule has 1 saturated heterocycles. The molecule has 0 saturated carbocycles. The molecular weight excluding hydrogens is 300 g/mol. The second-order valence-corrected chi connectivity index (χ2v) is 8.21. The molecule has 1 unspecified atom stereocenters. The topological polar surface area (TPSA) is 57.7 Å². The summed E-state index contributed by atoms with van der Waals surface area (Å²) in [4.78, 5) is 14.4. The molecule has 1 atom stereocenters. The van der Waals surface area contributed by atoms with Crippen molar-refractivity contribution in [2.24, 2.45) is 0 Å². The minimum absolute atomic E-state index is 0.0122. The number of para-hydroxylation sites is 1. The van der Waals surface area contributed by atoms with Crippen LogP contribution in [0.4, 0.5) is 5.69 Å². The first-order valence-corrected chi connectivity index (χ1v) is 9.48. The quantitative estimate of drug-likeness (QED) is 0.852. The van der Waals surface area contributed by atoms with Crippen molar-refractivity contribution in [2.75, 3.05) is 23.7 Å². The molecule has 6 heteroatoms. The van der Waals surface area contributed by atoms with E-state index in [1.807, 2.05) is 36.1 Å². The zero-order valence-corrected chi connectivity index (χ0v) is 13.7. The van der Waals surface area contributed by atoms with Gasteiger partial charge in [0.25, 0.3) is 0 Å². The molecule has 1 aromatic rings. The molecule has 120 valence electrons. The van der Waals surface area contributed by atoms with Crippen LogP contribution in [-0.4, -0.2) is 43.5 Å². The molecule has 0 aliphatic carbocycles. The highest BCUT2D eigenvalue weighted by Crippen LogP contribution is 2.32. The van der Waals surface area contributed by atoms with Gasteiger partial charge in [-0.15, -0.1) is 0 Å². The Morgan fingerprint density at radius 1 is 1.27 bits per heavy atom. The molecule has 2 aliphatic rings. The zero-order chi connectivity index (χ0) is 15.7. The minimum atomic E-state index is -3.15. The van der Waals surface area contributed by atoms with Gasteiger partial charge in [-0.2, -0.15) is 0 Å². The Labute approximate surface area is 132 Å². The van der Waals surface area contributed by atoms with E-state index in [0.29, 0.717) is 13.1 Å². The molecule has 5 nitrogen and oxygen atoms in total. The number of benzene rings is 1. The highest BCUT2D eigenvalue weighted by atomic mass is 32.2. The third-order valence-corrected chi connectivity index (χ3v) is 6.46. The summed E-state index contributed by atoms with van der Waals surface area (Å²) in [5, 5.41) is 0. The highest BCUT2D eigenvalue weighted by molar-refractivity contribution is 7.89. The lowest BCUT2D eigenvalue weighted by Crippen LogP contribution is -2.42. The molecule has 0 spiro atoms. The van der Waals surface area contributed by atoms with E-state index >= 15 is 0 Å². The summed E-state index contributed by atoms with van der Waals surface area (Å²) < 4.78 is 25.4. The van der Waals surface area contributed by atoms with Gasteiger partial charge in [0.1, 0.15) is 0 Å². The van der Waals surface area contributed by atoms with Crippen LogP contribution in [0.1, 0.15) is 31.7 Å². The van der Waals surface area contributed by atoms with Crippen LogP contribution in [-0.2, 0) is 21.2 Å². The lowest BCUT2D eigenvalue weighted by molar-refractivity contribution is -0.119. The van der Waals surface area contributed by atoms with E-state index in [2.05, 4.69) is 0 Å². The third-order valence-electron chi connectivity index (χ3n) is 4.50. The predicted molar refractivity (Wildman–Crippen MR) is 86.3 cm³/mol. The largest absolute Gasteiger partial charge is 0.309 e. The monoisotopic (exact) mass is 322 g/mol. The molecule has 0 N–H and O–H groups in total. The van der Waals surface area contributed by atoms with Crippen LogP contribution in [0.15, 0.2) is 24.3 Å². The standard InChI is InChI=1S/C16H22N2O3S/c1-13-12-14-6-2-3-7-15(14)18(13)16(19)8-10-17-9-4-5-11-22(17,20)21/h2-3,6-7,13H,4-5,8-12H2,1H3. The van der Waals surface area contributed by atoms with E-state index in [9.17, 15) is 13.2 Å². The molecule has 0 bridgehead atoms. The Kier molecular flexibility index (Phi) is 4.23. The van der Waals surface area contributed by atoms with Crippen molar-refractivity contribution >= 4 is 21.6 Å². The SMILES string of the molecule is CC1Cc2ccccc2N1C(=O)CCN1CCCCS1(=O)=O. The van der Waals surface area contributed by atoms with E-state index < -0.39 is 10.0 Å². The second-order valence-electron chi connectivity index (χ2n) is 6.12. The first-order chi connectivity index (χ1) is 10.5. The van der Waals surface area contributed by atoms with Crippen molar-refractivity contribution in [3.8, 4) is 0 Å². The summed E-state index contributed by atoms with van der Waals surface area (Å²) >= 11 is 0. The summed E-state index contributed by atoms with van der Waals surface area (Å²) in [5.41, 5.74) is 2.16. The molecule has 2 aliphatic heterocycles. The van der Waals surface area contributed by atoms with Gasteiger partial charge < -0.3 is 4.90 Å². The first kappa shape index (κ1) is 15.5. The van der Waals surface area contributed by atoms with Gasteiger partial charge in [-0.05, 0) is 37.8 Å². The average molecular weight is 322 g/mol. The van der Waals surface area contributed by atoms with Gasteiger partial charge >= 0.3 is 0 Å². The number of hydrogen-bond acceptors (Lipinski definition) is 3. The maximum atomic E-state index is 12.6. The highest BCUT2D eigenvalue weighted by Gasteiger charge is 2.32. The van der Waals surface area contributed by atoms with Crippen LogP contribution in [0.5, 0.6) is 0 Å². The fourth-order valence-corrected chi connectivity index (χ4v) is 4.98. The summed E-state index contributed by atoms with van der Waals surface area (Å²) in [7, 11) is -3.15. The van der Waals surface area contributed by atoms with Crippen LogP contribution in [0.2, 0.25) is 0 Å². The third kappa shape index (κ3) is 2.90. The molecule has 1 amide bonds. The van der Waals surface area contributed by atoms with Gasteiger partial charge in [0, 0.05) is 31.2 Å². The Bertz CT molecular complexity index is 672. The van der Waals surface area contributed by atoms with Crippen LogP contribution in [0.3, 0.4) is 0 Å². The molecule has 1 aromatic carbocycles. The van der Waals surface area contributed by atoms with Gasteiger partial charge in [-0.25, -0.2) is 12.7 Å². The minimum Gasteiger partial charge on any atom is -0.309 e. The van der Waals surface area contributed by atoms with Crippen molar-refractivity contribution in [2.45, 2.75) is 38.6 Å². The Balaban J connectivity index is 1.68. The Morgan fingerprint density at radius 2 is 2.05 bits per heavy atom. The van der Waals surface area contributed by atoms with Crippen LogP contribution >= 0.6 is 0 Å². The maximum absolute atomic E-state index is 12.6. The average Bonchev–Trinajstić information content (AvgIpc) is 2.81. The van der Waals surface area contributed by atoms with Crippen LogP contribution < -0.4 is 4.90 Å². The van der Waals surface area contributed by atoms with E-state index in [0.717, 1.165) is 24.9 Å². The van der Waals surface area contributed by atoms with Gasteiger partial charge in [0.05, 0.1) is 5.75 Å². The first-order valence-electron chi connectivity index (χ1n) is 7.87. The number of nitrogens with zero attached hydrogens (tertiary/aromatic N) is 2. The van der Waals surface area contributed by atoms with Crippen LogP contribution in [0, 0.1) is 0 Å². The summed E-state index contributed by atoms with van der Waals surface area (Å²) in [6, 6.07) is 8.08. The number of sulfonamides is 1. The molecule has 22 heavy (non-hydrogen) atoms. The van der Waals surface area contributed by atoms with E-state index in [1.165, 1.54) is 9.87 Å². The van der Waals surface area contributed by atoms with Gasteiger partial charge in [-0.3, -0.25) is 4.79 Å². The molecule has 3 rings (SSSR count). The maximum Gasteiger partial charge on any atom is 0.228 e. The number of hydrogen-bond donors (Lipinski definition) is 0. The number of carbonyl (C=O) groups excluding carboxylic acids is 1.